The summed E-state index contributed by atoms with van der Waals surface area (Å²) in [5.41, 5.74) is 8.41. The van der Waals surface area contributed by atoms with E-state index in [0.717, 1.165) is 62.9 Å². The first-order chi connectivity index (χ1) is 40.4. The third-order valence-corrected chi connectivity index (χ3v) is 16.4. The van der Waals surface area contributed by atoms with E-state index in [-0.39, 0.29) is 31.8 Å². The highest BCUT2D eigenvalue weighted by atomic mass is 35.5. The topological polar surface area (TPSA) is 138 Å². The number of halogens is 2. The largest absolute Gasteiger partial charge is 0.396 e. The van der Waals surface area contributed by atoms with E-state index in [1.807, 2.05) is 164 Å². The predicted molar refractivity (Wildman–Crippen MR) is 324 cm³/mol. The van der Waals surface area contributed by atoms with Crippen LogP contribution in [0.25, 0.3) is 0 Å². The Hall–Kier alpha value is -6.64. The van der Waals surface area contributed by atoms with Gasteiger partial charge in [0.05, 0.1) is 39.1 Å². The molecular weight excluding hydrogens is 1060 g/mol. The number of ether oxygens (including phenoxy) is 4. The van der Waals surface area contributed by atoms with Crippen LogP contribution in [0.1, 0.15) is 87.0 Å². The summed E-state index contributed by atoms with van der Waals surface area (Å²) in [7, 11) is 0. The van der Waals surface area contributed by atoms with Gasteiger partial charge >= 0.3 is 0 Å². The molecule has 2 aliphatic rings. The normalized spacial score (nSPS) is 23.2. The maximum atomic E-state index is 15.7. The van der Waals surface area contributed by atoms with Crippen molar-refractivity contribution < 1.29 is 48.9 Å². The fraction of sp³-hybridized carbons (Fsp3) is 0.306. The highest BCUT2D eigenvalue weighted by Crippen LogP contribution is 2.45. The minimum absolute atomic E-state index is 0.206. The SMILES string of the molecule is CCc1ccc(Cc2cc([C@]3(O)C=C(COCc4ccccc4)[C@@H](OCc4ccccc4)[C@H](OCc4ccccc4)[C@H]3OCc3ccccc3)ccc2Cl)cc1.CCc1ccc(Cc2cccc([C@]3(F)C[C@H](CO)[C@@H](O)[C@H](O)[C@H]3O)c2)cc1. The number of aliphatic hydroxyl groups is 5. The van der Waals surface area contributed by atoms with Crippen LogP contribution in [0.5, 0.6) is 0 Å². The summed E-state index contributed by atoms with van der Waals surface area (Å²) in [5.74, 6) is -0.835. The van der Waals surface area contributed by atoms with E-state index in [1.54, 1.807) is 18.2 Å². The van der Waals surface area contributed by atoms with Gasteiger partial charge in [-0.25, -0.2) is 4.39 Å². The second-order valence-electron chi connectivity index (χ2n) is 21.9. The highest BCUT2D eigenvalue weighted by Gasteiger charge is 2.54. The molecule has 5 N–H and O–H groups in total. The molecule has 8 aromatic rings. The number of hydrogen-bond acceptors (Lipinski definition) is 9. The van der Waals surface area contributed by atoms with Crippen LogP contribution < -0.4 is 0 Å². The van der Waals surface area contributed by atoms with Crippen LogP contribution >= 0.6 is 11.6 Å². The molecule has 83 heavy (non-hydrogen) atoms. The van der Waals surface area contributed by atoms with Crippen molar-refractivity contribution in [3.8, 4) is 0 Å². The Kier molecular flexibility index (Phi) is 21.5. The highest BCUT2D eigenvalue weighted by molar-refractivity contribution is 6.31. The molecule has 2 aliphatic carbocycles. The second-order valence-corrected chi connectivity index (χ2v) is 22.3. The van der Waals surface area contributed by atoms with Crippen LogP contribution in [-0.4, -0.2) is 75.4 Å². The Bertz CT molecular complexity index is 3280. The Morgan fingerprint density at radius 2 is 0.988 bits per heavy atom. The third-order valence-electron chi connectivity index (χ3n) is 16.0. The van der Waals surface area contributed by atoms with Gasteiger partial charge in [0.25, 0.3) is 0 Å². The fourth-order valence-corrected chi connectivity index (χ4v) is 11.3. The summed E-state index contributed by atoms with van der Waals surface area (Å²) in [4.78, 5) is 0. The second kappa shape index (κ2) is 29.2. The smallest absolute Gasteiger partial charge is 0.164 e. The average molecular weight is 1140 g/mol. The summed E-state index contributed by atoms with van der Waals surface area (Å²) in [6.45, 7) is 5.26. The Morgan fingerprint density at radius 3 is 1.53 bits per heavy atom. The molecule has 0 heterocycles. The molecule has 9 atom stereocenters. The molecule has 0 bridgehead atoms. The number of benzene rings is 8. The number of rotatable bonds is 22. The van der Waals surface area contributed by atoms with Crippen LogP contribution in [0.3, 0.4) is 0 Å². The van der Waals surface area contributed by atoms with Crippen molar-refractivity contribution >= 4 is 11.6 Å². The zero-order chi connectivity index (χ0) is 58.2. The van der Waals surface area contributed by atoms with Crippen molar-refractivity contribution in [2.24, 2.45) is 5.92 Å². The molecule has 11 heteroatoms. The van der Waals surface area contributed by atoms with E-state index in [0.29, 0.717) is 36.6 Å². The van der Waals surface area contributed by atoms with Crippen molar-refractivity contribution in [2.75, 3.05) is 13.2 Å². The molecule has 8 aromatic carbocycles. The minimum atomic E-state index is -2.23. The molecule has 0 spiro atoms. The summed E-state index contributed by atoms with van der Waals surface area (Å²) in [6.07, 6.45) is -2.19. The molecule has 1 saturated carbocycles. The Balaban J connectivity index is 0.000000256. The lowest BCUT2D eigenvalue weighted by atomic mass is 9.71. The van der Waals surface area contributed by atoms with Gasteiger partial charge in [0.15, 0.2) is 5.67 Å². The molecular formula is C72H76ClFO9. The molecule has 0 saturated heterocycles. The maximum Gasteiger partial charge on any atom is 0.164 e. The Labute approximate surface area is 493 Å². The van der Waals surface area contributed by atoms with Crippen LogP contribution in [0.2, 0.25) is 5.02 Å². The van der Waals surface area contributed by atoms with Gasteiger partial charge in [-0.2, -0.15) is 0 Å². The van der Waals surface area contributed by atoms with E-state index in [2.05, 4.69) is 50.2 Å². The molecule has 432 valence electrons. The zero-order valence-corrected chi connectivity index (χ0v) is 48.0. The molecule has 0 unspecified atom stereocenters. The quantitative estimate of drug-likeness (QED) is 0.0420. The predicted octanol–water partition coefficient (Wildman–Crippen LogP) is 12.7. The lowest BCUT2D eigenvalue weighted by molar-refractivity contribution is -0.204. The number of alkyl halides is 1. The van der Waals surface area contributed by atoms with Crippen molar-refractivity contribution in [1.29, 1.82) is 0 Å². The molecule has 10 rings (SSSR count). The van der Waals surface area contributed by atoms with E-state index >= 15 is 4.39 Å². The molecule has 1 fully saturated rings. The molecule has 0 aromatic heterocycles. The van der Waals surface area contributed by atoms with E-state index in [9.17, 15) is 25.5 Å². The molecule has 9 nitrogen and oxygen atoms in total. The standard InChI is InChI=1S/C50H49ClO5.C22H27FO4/c1-2-37-23-25-38(26-24-37)29-43-30-45(27-28-46(43)51)50(52)31-44(36-53-32-39-15-7-3-8-16-39)47(54-33-40-17-9-4-10-18-40)48(55-34-41-19-11-5-12-20-41)49(50)56-35-42-21-13-6-14-22-42;1-2-14-6-8-15(9-7-14)10-16-4-3-5-18(11-16)22(23)12-17(13-24)19(25)20(26)21(22)27/h3-28,30-31,47-49,52H,2,29,32-36H2,1H3;3-9,11,17,19-21,24-27H,2,10,12-13H2,1H3/t47-,48+,49-,50-;17-,19-,20+,21-,22-/m11/s1. The average Bonchev–Trinajstić information content (AvgIpc) is 1.58. The van der Waals surface area contributed by atoms with Gasteiger partial charge in [-0.1, -0.05) is 232 Å². The van der Waals surface area contributed by atoms with Crippen molar-refractivity contribution in [3.63, 3.8) is 0 Å². The van der Waals surface area contributed by atoms with Gasteiger partial charge in [0.1, 0.15) is 36.1 Å². The van der Waals surface area contributed by atoms with Gasteiger partial charge < -0.3 is 44.5 Å². The molecule has 0 amide bonds. The number of aryl methyl sites for hydroxylation is 2. The summed E-state index contributed by atoms with van der Waals surface area (Å²) < 4.78 is 42.8. The lowest BCUT2D eigenvalue weighted by Crippen LogP contribution is -2.58. The maximum absolute atomic E-state index is 15.7. The summed E-state index contributed by atoms with van der Waals surface area (Å²) in [5, 5.41) is 53.7. The van der Waals surface area contributed by atoms with Crippen LogP contribution in [0.15, 0.2) is 224 Å². The van der Waals surface area contributed by atoms with Gasteiger partial charge in [0, 0.05) is 17.5 Å². The first kappa shape index (κ1) is 60.9. The van der Waals surface area contributed by atoms with Gasteiger partial charge in [-0.3, -0.25) is 0 Å². The van der Waals surface area contributed by atoms with E-state index in [1.165, 1.54) is 11.1 Å². The van der Waals surface area contributed by atoms with E-state index < -0.39 is 60.4 Å². The first-order valence-corrected chi connectivity index (χ1v) is 29.1. The van der Waals surface area contributed by atoms with Crippen molar-refractivity contribution in [3.05, 3.63) is 296 Å². The van der Waals surface area contributed by atoms with Gasteiger partial charge in [0.2, 0.25) is 0 Å². The third kappa shape index (κ3) is 15.6. The summed E-state index contributed by atoms with van der Waals surface area (Å²) in [6, 6.07) is 69.7. The molecule has 0 radical (unpaired) electrons. The van der Waals surface area contributed by atoms with Gasteiger partial charge in [-0.15, -0.1) is 0 Å². The fourth-order valence-electron chi connectivity index (χ4n) is 11.1. The first-order valence-electron chi connectivity index (χ1n) is 28.8. The minimum Gasteiger partial charge on any atom is -0.396 e. The molecule has 0 aliphatic heterocycles. The lowest BCUT2D eigenvalue weighted by Gasteiger charge is -2.46. The van der Waals surface area contributed by atoms with Crippen LogP contribution in [-0.2, 0) is 82.3 Å². The number of hydrogen-bond donors (Lipinski definition) is 5. The van der Waals surface area contributed by atoms with Crippen LogP contribution in [0.4, 0.5) is 4.39 Å². The zero-order valence-electron chi connectivity index (χ0n) is 47.2. The van der Waals surface area contributed by atoms with E-state index in [4.69, 9.17) is 30.5 Å². The number of aliphatic hydroxyl groups excluding tert-OH is 4. The van der Waals surface area contributed by atoms with Gasteiger partial charge in [-0.05, 0) is 117 Å². The van der Waals surface area contributed by atoms with Crippen LogP contribution in [0, 0.1) is 5.92 Å². The van der Waals surface area contributed by atoms with Crippen molar-refractivity contribution in [2.45, 2.75) is 120 Å². The summed E-state index contributed by atoms with van der Waals surface area (Å²) >= 11 is 6.90. The monoisotopic (exact) mass is 1140 g/mol. The van der Waals surface area contributed by atoms with Crippen molar-refractivity contribution in [1.82, 2.24) is 0 Å². The Morgan fingerprint density at radius 1 is 0.494 bits per heavy atom.